The van der Waals surface area contributed by atoms with Crippen LogP contribution in [0.4, 0.5) is 0 Å². The molecule has 0 aliphatic heterocycles. The second-order valence-electron chi connectivity index (χ2n) is 6.66. The second-order valence-corrected chi connectivity index (χ2v) is 6.66. The molecule has 0 fully saturated rings. The number of benzene rings is 1. The number of ketones is 1. The van der Waals surface area contributed by atoms with Gasteiger partial charge in [0.25, 0.3) is 0 Å². The van der Waals surface area contributed by atoms with Crippen LogP contribution >= 0.6 is 0 Å². The van der Waals surface area contributed by atoms with Crippen molar-refractivity contribution >= 4 is 17.7 Å². The maximum Gasteiger partial charge on any atom is 0.334 e. The highest BCUT2D eigenvalue weighted by Gasteiger charge is 2.17. The van der Waals surface area contributed by atoms with E-state index in [0.29, 0.717) is 12.5 Å². The Morgan fingerprint density at radius 3 is 2.41 bits per heavy atom. The molecule has 1 atom stereocenters. The summed E-state index contributed by atoms with van der Waals surface area (Å²) in [6.45, 7) is 7.77. The molecule has 0 saturated heterocycles. The van der Waals surface area contributed by atoms with Gasteiger partial charge in [0.05, 0.1) is 13.0 Å². The molecule has 1 aromatic rings. The van der Waals surface area contributed by atoms with E-state index in [1.54, 1.807) is 0 Å². The van der Waals surface area contributed by atoms with Gasteiger partial charge in [-0.2, -0.15) is 0 Å². The van der Waals surface area contributed by atoms with Crippen molar-refractivity contribution in [3.8, 4) is 0 Å². The van der Waals surface area contributed by atoms with E-state index in [4.69, 9.17) is 9.47 Å². The van der Waals surface area contributed by atoms with Crippen LogP contribution in [0.3, 0.4) is 0 Å². The minimum absolute atomic E-state index is 0.00545. The molecule has 0 heterocycles. The number of ether oxygens (including phenoxy) is 2. The van der Waals surface area contributed by atoms with E-state index in [1.807, 2.05) is 30.3 Å². The molecule has 1 rings (SSSR count). The lowest BCUT2D eigenvalue weighted by Crippen LogP contribution is -2.19. The average Bonchev–Trinajstić information content (AvgIpc) is 2.67. The molecular formula is C22H30O5. The Hall–Kier alpha value is -2.43. The van der Waals surface area contributed by atoms with Crippen molar-refractivity contribution in [3.63, 3.8) is 0 Å². The molecule has 0 amide bonds. The summed E-state index contributed by atoms with van der Waals surface area (Å²) in [4.78, 5) is 35.6. The third-order valence-electron chi connectivity index (χ3n) is 4.28. The Morgan fingerprint density at radius 2 is 1.78 bits per heavy atom. The van der Waals surface area contributed by atoms with Gasteiger partial charge in [-0.25, -0.2) is 4.79 Å². The number of hydrogen-bond acceptors (Lipinski definition) is 5. The van der Waals surface area contributed by atoms with Crippen molar-refractivity contribution in [1.29, 1.82) is 0 Å². The molecule has 5 heteroatoms. The maximum absolute atomic E-state index is 11.9. The Kier molecular flexibility index (Phi) is 10.8. The van der Waals surface area contributed by atoms with Crippen molar-refractivity contribution in [1.82, 2.24) is 0 Å². The van der Waals surface area contributed by atoms with Crippen LogP contribution < -0.4 is 0 Å². The first-order valence-corrected chi connectivity index (χ1v) is 9.52. The van der Waals surface area contributed by atoms with Crippen LogP contribution in [0.5, 0.6) is 0 Å². The molecular weight excluding hydrogens is 344 g/mol. The first-order valence-electron chi connectivity index (χ1n) is 9.52. The summed E-state index contributed by atoms with van der Waals surface area (Å²) in [5.74, 6) is -1.12. The first kappa shape index (κ1) is 22.6. The summed E-state index contributed by atoms with van der Waals surface area (Å²) in [6.07, 6.45) is 4.14. The fraction of sp³-hybridized carbons (Fsp3) is 0.500. The van der Waals surface area contributed by atoms with Crippen LogP contribution in [0.2, 0.25) is 0 Å². The molecule has 0 spiro atoms. The smallest absolute Gasteiger partial charge is 0.334 e. The van der Waals surface area contributed by atoms with Gasteiger partial charge < -0.3 is 9.47 Å². The highest BCUT2D eigenvalue weighted by molar-refractivity contribution is 5.94. The molecule has 0 aliphatic rings. The average molecular weight is 374 g/mol. The number of Topliss-reactive ketones (excluding diaryl/α,β-unsaturated/α-hetero) is 1. The maximum atomic E-state index is 11.9. The van der Waals surface area contributed by atoms with Crippen LogP contribution in [-0.2, 0) is 30.3 Å². The van der Waals surface area contributed by atoms with Crippen molar-refractivity contribution in [2.75, 3.05) is 13.2 Å². The predicted octanol–water partition coefficient (Wildman–Crippen LogP) is 4.05. The van der Waals surface area contributed by atoms with Gasteiger partial charge in [0, 0.05) is 12.0 Å². The summed E-state index contributed by atoms with van der Waals surface area (Å²) in [7, 11) is 0. The lowest BCUT2D eigenvalue weighted by Gasteiger charge is -2.14. The third-order valence-corrected chi connectivity index (χ3v) is 4.28. The molecule has 0 radical (unpaired) electrons. The fourth-order valence-electron chi connectivity index (χ4n) is 2.53. The van der Waals surface area contributed by atoms with Gasteiger partial charge in [-0.1, -0.05) is 70.0 Å². The van der Waals surface area contributed by atoms with E-state index in [1.165, 1.54) is 0 Å². The van der Waals surface area contributed by atoms with Crippen molar-refractivity contribution < 1.29 is 23.9 Å². The number of rotatable bonds is 13. The van der Waals surface area contributed by atoms with E-state index >= 15 is 0 Å². The van der Waals surface area contributed by atoms with Gasteiger partial charge in [0.15, 0.2) is 12.4 Å². The van der Waals surface area contributed by atoms with Crippen molar-refractivity contribution in [2.45, 2.75) is 52.4 Å². The standard InChI is InChI=1S/C22H30O5/c1-4-6-10-18(5-2)15-26-21(24)13-17(3)22(25)27-16-20(23)14-19-11-8-7-9-12-19/h7-9,11-12,18H,3-6,10,13-16H2,1-2H3. The number of carbonyl (C=O) groups is 3. The minimum Gasteiger partial charge on any atom is -0.465 e. The Balaban J connectivity index is 2.29. The van der Waals surface area contributed by atoms with E-state index in [-0.39, 0.29) is 30.8 Å². The third kappa shape index (κ3) is 9.73. The Morgan fingerprint density at radius 1 is 1.07 bits per heavy atom. The first-order chi connectivity index (χ1) is 13.0. The Bertz CT molecular complexity index is 621. The highest BCUT2D eigenvalue weighted by Crippen LogP contribution is 2.14. The van der Waals surface area contributed by atoms with Crippen LogP contribution in [0.15, 0.2) is 42.5 Å². The topological polar surface area (TPSA) is 69.7 Å². The lowest BCUT2D eigenvalue weighted by atomic mass is 10.0. The van der Waals surface area contributed by atoms with Crippen molar-refractivity contribution in [2.24, 2.45) is 5.92 Å². The normalized spacial score (nSPS) is 11.5. The molecule has 0 aromatic heterocycles. The molecule has 0 bridgehead atoms. The minimum atomic E-state index is -0.744. The molecule has 0 saturated carbocycles. The molecule has 1 aromatic carbocycles. The second kappa shape index (κ2) is 12.8. The van der Waals surface area contributed by atoms with Gasteiger partial charge in [0.1, 0.15) is 0 Å². The monoisotopic (exact) mass is 374 g/mol. The number of carbonyl (C=O) groups excluding carboxylic acids is 3. The lowest BCUT2D eigenvalue weighted by molar-refractivity contribution is -0.148. The summed E-state index contributed by atoms with van der Waals surface area (Å²) in [5.41, 5.74) is 0.851. The van der Waals surface area contributed by atoms with Crippen LogP contribution in [-0.4, -0.2) is 30.9 Å². The van der Waals surface area contributed by atoms with E-state index in [2.05, 4.69) is 20.4 Å². The van der Waals surface area contributed by atoms with Gasteiger partial charge in [-0.15, -0.1) is 0 Å². The molecule has 27 heavy (non-hydrogen) atoms. The quantitative estimate of drug-likeness (QED) is 0.385. The van der Waals surface area contributed by atoms with E-state index < -0.39 is 11.9 Å². The number of esters is 2. The molecule has 5 nitrogen and oxygen atoms in total. The molecule has 0 aliphatic carbocycles. The zero-order valence-corrected chi connectivity index (χ0v) is 16.4. The van der Waals surface area contributed by atoms with Crippen LogP contribution in [0.25, 0.3) is 0 Å². The van der Waals surface area contributed by atoms with Gasteiger partial charge in [-0.05, 0) is 17.9 Å². The zero-order chi connectivity index (χ0) is 20.1. The number of unbranched alkanes of at least 4 members (excludes halogenated alkanes) is 1. The summed E-state index contributed by atoms with van der Waals surface area (Å²) in [5, 5.41) is 0. The molecule has 1 unspecified atom stereocenters. The zero-order valence-electron chi connectivity index (χ0n) is 16.4. The fourth-order valence-corrected chi connectivity index (χ4v) is 2.53. The van der Waals surface area contributed by atoms with Crippen LogP contribution in [0, 0.1) is 5.92 Å². The van der Waals surface area contributed by atoms with Crippen molar-refractivity contribution in [3.05, 3.63) is 48.0 Å². The summed E-state index contributed by atoms with van der Waals surface area (Å²) >= 11 is 0. The summed E-state index contributed by atoms with van der Waals surface area (Å²) in [6, 6.07) is 9.21. The highest BCUT2D eigenvalue weighted by atomic mass is 16.5. The predicted molar refractivity (Wildman–Crippen MR) is 104 cm³/mol. The van der Waals surface area contributed by atoms with E-state index in [9.17, 15) is 14.4 Å². The van der Waals surface area contributed by atoms with Gasteiger partial charge in [-0.3, -0.25) is 9.59 Å². The molecule has 0 N–H and O–H groups in total. The number of hydrogen-bond donors (Lipinski definition) is 0. The van der Waals surface area contributed by atoms with Gasteiger partial charge >= 0.3 is 11.9 Å². The Labute approximate surface area is 161 Å². The molecule has 148 valence electrons. The van der Waals surface area contributed by atoms with E-state index in [0.717, 1.165) is 31.2 Å². The summed E-state index contributed by atoms with van der Waals surface area (Å²) < 4.78 is 10.2. The largest absolute Gasteiger partial charge is 0.465 e. The van der Waals surface area contributed by atoms with Crippen LogP contribution in [0.1, 0.15) is 51.5 Å². The van der Waals surface area contributed by atoms with Gasteiger partial charge in [0.2, 0.25) is 0 Å². The SMILES string of the molecule is C=C(CC(=O)OCC(CC)CCCC)C(=O)OCC(=O)Cc1ccccc1.